The number of likely N-dealkylation sites (N-methyl/N-ethyl adjacent to an activating group) is 1. The van der Waals surface area contributed by atoms with Gasteiger partial charge in [0.1, 0.15) is 61.2 Å². The van der Waals surface area contributed by atoms with Gasteiger partial charge in [-0.1, -0.05) is 100 Å². The molecule has 3 aromatic carbocycles. The van der Waals surface area contributed by atoms with Crippen molar-refractivity contribution >= 4 is 103 Å². The van der Waals surface area contributed by atoms with E-state index in [1.165, 1.54) is 49.5 Å². The molecule has 12 heterocycles. The number of aromatic amines is 2. The highest BCUT2D eigenvalue weighted by Crippen LogP contribution is 2.73. The first kappa shape index (κ1) is 107. The van der Waals surface area contributed by atoms with Crippen molar-refractivity contribution in [1.82, 2.24) is 86.4 Å². The zero-order chi connectivity index (χ0) is 103. The lowest BCUT2D eigenvalue weighted by atomic mass is 9.41. The average molecular weight is 2060 g/mol. The van der Waals surface area contributed by atoms with Gasteiger partial charge in [0.25, 0.3) is 12.0 Å². The molecule has 1 saturated carbocycles. The van der Waals surface area contributed by atoms with E-state index in [4.69, 9.17) is 38.9 Å². The smallest absolute Gasteiger partial charge is 0.335 e. The number of benzene rings is 3. The highest BCUT2D eigenvalue weighted by molar-refractivity contribution is 8.76. The summed E-state index contributed by atoms with van der Waals surface area (Å²) in [4.78, 5) is 148. The lowest BCUT2D eigenvalue weighted by Gasteiger charge is -2.70. The Kier molecular flexibility index (Phi) is 33.1. The van der Waals surface area contributed by atoms with Crippen molar-refractivity contribution < 1.29 is 133 Å². The fourth-order valence-electron chi connectivity index (χ4n) is 23.5. The number of ether oxygens (including phenoxy) is 7. The number of hydrazine groups is 1. The Balaban J connectivity index is 0.608. The lowest BCUT2D eigenvalue weighted by molar-refractivity contribution is -0.294. The zero-order valence-corrected chi connectivity index (χ0v) is 82.3. The van der Waals surface area contributed by atoms with Gasteiger partial charge in [-0.2, -0.15) is 4.98 Å². The predicted octanol–water partition coefficient (Wildman–Crippen LogP) is -1.09. The third-order valence-electron chi connectivity index (χ3n) is 30.6. The molecule has 23 atom stereocenters. The summed E-state index contributed by atoms with van der Waals surface area (Å²) in [5.41, 5.74) is 8.59. The minimum Gasteiger partial charge on any atom is -0.496 e. The summed E-state index contributed by atoms with van der Waals surface area (Å²) in [6.07, 6.45) is -9.70. The number of aliphatic hydroxyl groups is 9. The van der Waals surface area contributed by atoms with Gasteiger partial charge in [0.2, 0.25) is 17.8 Å². The molecule has 784 valence electrons. The van der Waals surface area contributed by atoms with E-state index in [1.54, 1.807) is 38.4 Å². The fourth-order valence-corrected chi connectivity index (χ4v) is 25.2. The van der Waals surface area contributed by atoms with Gasteiger partial charge < -0.3 is 121 Å². The SMILES string of the molecule is CC[C@]1(O)C[C@H]2CN(CCc3c([nH]c4ccccc34)[C@@](COC=O)(c3cc4c(cc3OC)N(C)[C@H]3[C@@](O)([C@H](NNO)C(=O)OCCSSCCNC(=O)[C@@H](CC(=O)[C@H](Cc5cn(CCO[C@@H]6OC(C(=O)O)[C@@H](O)[C@H](O)C6O)nn5)NC(=O)CCCCC(=O)c5ccc(CCc6cnc7nc(N)[nH]c(=O)c7n6)cc5)Cc5cn(CCO[C@@H]6OC(C(=O)O)[C@@H](O)[C@H](O)C6O)nn5)[C@H](O)[C@]5(CC)C=CCN6CC[C@]43[C@@]65C)C2)C1. The number of piperidine rings is 1. The van der Waals surface area contributed by atoms with E-state index in [9.17, 15) is 94.9 Å². The van der Waals surface area contributed by atoms with Crippen molar-refractivity contribution in [2.75, 3.05) is 102 Å². The molecule has 8 aliphatic rings. The number of carboxylic acids is 2. The number of Topliss-reactive ketones (excluding diaryl/α,β-unsaturated/α-hetero) is 2. The summed E-state index contributed by atoms with van der Waals surface area (Å²) in [5, 5.41) is 157. The number of amides is 2. The number of H-pyrrole nitrogens is 2. The van der Waals surface area contributed by atoms with Gasteiger partial charge >= 0.3 is 17.9 Å². The molecular formula is C96H125N19O28S2. The standard InChI is InChI=1S/C96H125N19O28S2/c1-6-92(134)42-52-43-93(49-138-50-116,78-59(23-28-112(45-52)48-92)58-13-8-9-14-62(58)102-78)61-40-60-64(41-67(61)137-5)111(4)88-95(60)25-29-113-27-12-24-94(7-2,91(95,113)3)89(133)96(88,135)79(107-110-136)85(132)139-34-36-145-144-35-26-98-81(126)54(37-56-46-114(108-105-56)30-32-140-86-74(124)70(120)72(122)76(142-86)83(128)129)38-66(118)63(39-57-47-115(109-106-57)31-33-141-87-75(125)71(121)73(123)77(143-87)84(130)131)101-68(119)16-11-10-15-65(117)53-20-17-51(18-21-53)19-22-55-44-99-80-69(100-55)82(127)104-90(97)103-80/h8-9,12-14,17-18,20-21,24,40-41,44,46-47,50,52,54,63,70-77,79,86-89,102,107,110,120-125,133-136H,6-7,10-11,15-16,19,22-23,25-39,42-43,45,48-49H2,1-5H3,(H,98,126)(H,101,119)(H,128,129)(H,130,131)(H3,97,99,103,104,127)/t52-,54-,63+,70+,71+,72+,73+,74?,75?,76?,77?,79-,86-,87-,88-,89-,91+,92+,93+,94+,95+,96+/m1/s1. The fraction of sp³-hybridized carbons (Fsp3) is 0.583. The number of aliphatic carboxylic acids is 2. The molecule has 47 nitrogen and oxygen atoms in total. The average Bonchev–Trinajstić information content (AvgIpc) is 1.46. The topological polar surface area (TPSA) is 677 Å². The molecule has 8 aromatic rings. The van der Waals surface area contributed by atoms with E-state index in [0.29, 0.717) is 112 Å². The number of aliphatic hydroxyl groups excluding tert-OH is 7. The number of anilines is 2. The molecule has 20 N–H and O–H groups in total. The summed E-state index contributed by atoms with van der Waals surface area (Å²) in [6, 6.07) is 14.6. The second-order valence-electron chi connectivity index (χ2n) is 38.9. The van der Waals surface area contributed by atoms with E-state index < -0.39 is 172 Å². The number of para-hydroxylation sites is 1. The van der Waals surface area contributed by atoms with Gasteiger partial charge in [-0.05, 0) is 106 Å². The number of nitrogens with two attached hydrogens (primary N) is 1. The lowest BCUT2D eigenvalue weighted by Crippen LogP contribution is -2.87. The Bertz CT molecular complexity index is 6120. The van der Waals surface area contributed by atoms with Crippen LogP contribution in [-0.4, -0.2) is 368 Å². The summed E-state index contributed by atoms with van der Waals surface area (Å²) >= 11 is 0. The second kappa shape index (κ2) is 45.0. The molecule has 2 bridgehead atoms. The molecule has 2 amide bonds. The summed E-state index contributed by atoms with van der Waals surface area (Å²) in [7, 11) is 5.91. The van der Waals surface area contributed by atoms with E-state index in [2.05, 4.69) is 90.5 Å². The number of nitrogens with one attached hydrogen (secondary N) is 6. The predicted molar refractivity (Wildman–Crippen MR) is 516 cm³/mol. The Labute approximate surface area is 838 Å². The quantitative estimate of drug-likeness (QED) is 0.00410. The number of nitrogens with zero attached hydrogens (tertiary/aromatic N) is 12. The molecule has 5 fully saturated rings. The number of hydrogen-bond acceptors (Lipinski definition) is 41. The second-order valence-corrected chi connectivity index (χ2v) is 41.6. The molecule has 16 rings (SSSR count). The van der Waals surface area contributed by atoms with Crippen LogP contribution in [0.25, 0.3) is 22.1 Å². The number of unbranched alkanes of at least 4 members (excludes halogenated alkanes) is 1. The number of aryl methyl sites for hydroxylation is 2. The van der Waals surface area contributed by atoms with Crippen LogP contribution in [0.3, 0.4) is 0 Å². The largest absolute Gasteiger partial charge is 0.496 e. The number of methoxy groups -OCH3 is 1. The van der Waals surface area contributed by atoms with E-state index in [0.717, 1.165) is 33.3 Å². The van der Waals surface area contributed by atoms with Crippen LogP contribution < -0.4 is 42.6 Å². The number of carbonyl (C=O) groups is 8. The Morgan fingerprint density at radius 1 is 0.772 bits per heavy atom. The summed E-state index contributed by atoms with van der Waals surface area (Å²) in [5.74, 6) is -7.19. The molecule has 5 aromatic heterocycles. The molecule has 145 heavy (non-hydrogen) atoms. The first-order chi connectivity index (χ1) is 69.5. The van der Waals surface area contributed by atoms with Crippen LogP contribution >= 0.6 is 21.6 Å². The third-order valence-corrected chi connectivity index (χ3v) is 32.9. The van der Waals surface area contributed by atoms with Crippen molar-refractivity contribution in [2.24, 2.45) is 17.3 Å². The van der Waals surface area contributed by atoms with Crippen LogP contribution in [0.4, 0.5) is 11.6 Å². The molecule has 0 radical (unpaired) electrons. The van der Waals surface area contributed by atoms with Crippen LogP contribution in [0.5, 0.6) is 5.75 Å². The van der Waals surface area contributed by atoms with E-state index in [1.807, 2.05) is 60.8 Å². The third kappa shape index (κ3) is 21.1. The Morgan fingerprint density at radius 2 is 1.45 bits per heavy atom. The number of rotatable bonds is 46. The van der Waals surface area contributed by atoms with Crippen molar-refractivity contribution in [3.05, 3.63) is 152 Å². The molecule has 4 saturated heterocycles. The van der Waals surface area contributed by atoms with Crippen LogP contribution in [-0.2, 0) is 118 Å². The van der Waals surface area contributed by atoms with Crippen molar-refractivity contribution in [3.63, 3.8) is 0 Å². The minimum atomic E-state index is -2.54. The number of hydrogen-bond donors (Lipinski definition) is 19. The molecule has 49 heteroatoms. The Morgan fingerprint density at radius 3 is 2.11 bits per heavy atom. The number of carbonyl (C=O) groups excluding carboxylic acids is 6. The molecule has 1 spiro atoms. The molecule has 5 unspecified atom stereocenters. The number of nitrogen functional groups attached to an aromatic ring is 1. The van der Waals surface area contributed by atoms with Gasteiger partial charge in [0, 0.05) is 158 Å². The Hall–Kier alpha value is -11.0. The minimum absolute atomic E-state index is 0.0253. The van der Waals surface area contributed by atoms with Gasteiger partial charge in [-0.3, -0.25) is 48.3 Å². The number of fused-ring (bicyclic) bond motifs is 7. The van der Waals surface area contributed by atoms with Gasteiger partial charge in [-0.25, -0.2) is 34.3 Å². The van der Waals surface area contributed by atoms with Crippen molar-refractivity contribution in [1.29, 1.82) is 0 Å². The normalized spacial score (nSPS) is 29.6. The van der Waals surface area contributed by atoms with E-state index in [-0.39, 0.29) is 143 Å². The summed E-state index contributed by atoms with van der Waals surface area (Å²) < 4.78 is 43.0. The maximum absolute atomic E-state index is 15.4. The number of carboxylic acid groups (broad SMARTS) is 2. The van der Waals surface area contributed by atoms with Crippen LogP contribution in [0.1, 0.15) is 140 Å². The molecular weight excluding hydrogens is 1930 g/mol. The van der Waals surface area contributed by atoms with E-state index >= 15 is 9.59 Å². The summed E-state index contributed by atoms with van der Waals surface area (Å²) in [6.45, 7) is 7.91. The molecule has 1 aliphatic carbocycles. The van der Waals surface area contributed by atoms with Crippen molar-refractivity contribution in [2.45, 2.75) is 243 Å². The van der Waals surface area contributed by atoms with Gasteiger partial charge in [0.05, 0.1) is 91.8 Å². The number of aromatic nitrogens is 11. The van der Waals surface area contributed by atoms with Crippen LogP contribution in [0, 0.1) is 17.3 Å². The number of ketones is 2. The van der Waals surface area contributed by atoms with Crippen LogP contribution in [0.2, 0.25) is 0 Å². The first-order valence-corrected chi connectivity index (χ1v) is 51.0. The maximum atomic E-state index is 15.4. The van der Waals surface area contributed by atoms with Crippen molar-refractivity contribution in [3.8, 4) is 5.75 Å². The highest BCUT2D eigenvalue weighted by Gasteiger charge is 2.83. The monoisotopic (exact) mass is 2060 g/mol. The van der Waals surface area contributed by atoms with Crippen LogP contribution in [0.15, 0.2) is 96.2 Å². The first-order valence-electron chi connectivity index (χ1n) is 48.6. The van der Waals surface area contributed by atoms with Gasteiger partial charge in [0.15, 0.2) is 53.6 Å². The maximum Gasteiger partial charge on any atom is 0.335 e. The number of esters is 1. The molecule has 7 aliphatic heterocycles. The zero-order valence-electron chi connectivity index (χ0n) is 80.6. The van der Waals surface area contributed by atoms with Gasteiger partial charge in [-0.15, -0.1) is 15.8 Å². The highest BCUT2D eigenvalue weighted by atomic mass is 33.1.